The average molecular weight is 383 g/mol. The maximum Gasteiger partial charge on any atom is 0.191 e. The number of ether oxygens (including phenoxy) is 1. The molecule has 0 amide bonds. The van der Waals surface area contributed by atoms with E-state index in [1.807, 2.05) is 6.07 Å². The molecule has 1 aromatic heterocycles. The minimum Gasteiger partial charge on any atom is -0.494 e. The predicted octanol–water partition coefficient (Wildman–Crippen LogP) is 4.90. The molecule has 4 rings (SSSR count). The molecule has 1 heterocycles. The third kappa shape index (κ3) is 4.89. The van der Waals surface area contributed by atoms with Crippen LogP contribution in [0.4, 0.5) is 4.39 Å². The predicted molar refractivity (Wildman–Crippen MR) is 105 cm³/mol. The quantitative estimate of drug-likeness (QED) is 0.389. The third-order valence-electron chi connectivity index (χ3n) is 4.47. The Morgan fingerprint density at radius 2 is 1.81 bits per heavy atom. The normalized spacial score (nSPS) is 13.7. The molecule has 1 aliphatic rings. The molecule has 1 aliphatic carbocycles. The zero-order valence-electron chi connectivity index (χ0n) is 15.1. The van der Waals surface area contributed by atoms with Crippen molar-refractivity contribution in [1.29, 1.82) is 0 Å². The monoisotopic (exact) mass is 383 g/mol. The fourth-order valence-electron chi connectivity index (χ4n) is 2.91. The molecular weight excluding hydrogens is 361 g/mol. The van der Waals surface area contributed by atoms with Crippen molar-refractivity contribution >= 4 is 11.8 Å². The van der Waals surface area contributed by atoms with Gasteiger partial charge in [-0.05, 0) is 49.1 Å². The largest absolute Gasteiger partial charge is 0.494 e. The summed E-state index contributed by atoms with van der Waals surface area (Å²) in [5.74, 6) is 3.03. The number of benzene rings is 2. The Hall–Kier alpha value is -2.34. The van der Waals surface area contributed by atoms with Gasteiger partial charge in [-0.3, -0.25) is 0 Å². The Morgan fingerprint density at radius 3 is 2.56 bits per heavy atom. The van der Waals surface area contributed by atoms with Crippen molar-refractivity contribution < 1.29 is 9.13 Å². The molecule has 0 saturated heterocycles. The van der Waals surface area contributed by atoms with E-state index in [2.05, 4.69) is 39.0 Å². The van der Waals surface area contributed by atoms with Crippen LogP contribution in [0.1, 0.15) is 36.6 Å². The van der Waals surface area contributed by atoms with Gasteiger partial charge in [0.2, 0.25) is 0 Å². The number of halogens is 1. The van der Waals surface area contributed by atoms with Gasteiger partial charge in [0.05, 0.1) is 13.2 Å². The molecule has 2 aromatic carbocycles. The van der Waals surface area contributed by atoms with Gasteiger partial charge in [0.25, 0.3) is 0 Å². The summed E-state index contributed by atoms with van der Waals surface area (Å²) in [6.45, 7) is 1.41. The van der Waals surface area contributed by atoms with E-state index in [-0.39, 0.29) is 5.82 Å². The second-order valence-electron chi connectivity index (χ2n) is 6.69. The Balaban J connectivity index is 1.32. The fourth-order valence-corrected chi connectivity index (χ4v) is 3.77. The molecule has 0 aliphatic heterocycles. The zero-order valence-corrected chi connectivity index (χ0v) is 15.9. The highest BCUT2D eigenvalue weighted by Gasteiger charge is 2.30. The lowest BCUT2D eigenvalue weighted by Gasteiger charge is -2.10. The molecule has 0 N–H and O–H groups in total. The fraction of sp³-hybridized carbons (Fsp3) is 0.333. The van der Waals surface area contributed by atoms with Crippen LogP contribution in [0.25, 0.3) is 0 Å². The van der Waals surface area contributed by atoms with E-state index in [0.29, 0.717) is 18.3 Å². The number of aromatic nitrogens is 3. The van der Waals surface area contributed by atoms with Crippen LogP contribution in [-0.4, -0.2) is 27.1 Å². The number of hydrogen-bond acceptors (Lipinski definition) is 4. The van der Waals surface area contributed by atoms with Crippen molar-refractivity contribution in [3.8, 4) is 5.75 Å². The first-order valence-electron chi connectivity index (χ1n) is 9.28. The van der Waals surface area contributed by atoms with E-state index < -0.39 is 0 Å². The third-order valence-corrected chi connectivity index (χ3v) is 5.53. The number of hydrogen-bond donors (Lipinski definition) is 0. The number of thioether (sulfide) groups is 1. The molecule has 6 heteroatoms. The van der Waals surface area contributed by atoms with Gasteiger partial charge in [-0.1, -0.05) is 42.1 Å². The summed E-state index contributed by atoms with van der Waals surface area (Å²) >= 11 is 1.72. The average Bonchev–Trinajstić information content (AvgIpc) is 3.46. The van der Waals surface area contributed by atoms with Crippen molar-refractivity contribution in [2.45, 2.75) is 36.9 Å². The van der Waals surface area contributed by atoms with Crippen LogP contribution in [0.5, 0.6) is 5.75 Å². The molecule has 0 unspecified atom stereocenters. The second kappa shape index (κ2) is 8.57. The molecule has 1 fully saturated rings. The van der Waals surface area contributed by atoms with E-state index in [0.717, 1.165) is 29.7 Å². The van der Waals surface area contributed by atoms with Gasteiger partial charge in [-0.15, -0.1) is 10.2 Å². The molecule has 3 aromatic rings. The van der Waals surface area contributed by atoms with Gasteiger partial charge in [-0.25, -0.2) is 4.39 Å². The summed E-state index contributed by atoms with van der Waals surface area (Å²) in [6, 6.07) is 16.6. The van der Waals surface area contributed by atoms with E-state index in [1.54, 1.807) is 23.9 Å². The molecule has 0 atom stereocenters. The Kier molecular flexibility index (Phi) is 5.72. The van der Waals surface area contributed by atoms with Crippen molar-refractivity contribution in [2.24, 2.45) is 0 Å². The zero-order chi connectivity index (χ0) is 18.5. The second-order valence-corrected chi connectivity index (χ2v) is 7.75. The lowest BCUT2D eigenvalue weighted by atomic mass is 10.2. The van der Waals surface area contributed by atoms with E-state index in [4.69, 9.17) is 4.74 Å². The van der Waals surface area contributed by atoms with E-state index in [1.165, 1.54) is 30.5 Å². The van der Waals surface area contributed by atoms with Crippen LogP contribution >= 0.6 is 11.8 Å². The molecule has 0 spiro atoms. The lowest BCUT2D eigenvalue weighted by Crippen LogP contribution is -2.06. The highest BCUT2D eigenvalue weighted by Crippen LogP contribution is 2.40. The molecule has 0 bridgehead atoms. The summed E-state index contributed by atoms with van der Waals surface area (Å²) in [5.41, 5.74) is 1.26. The van der Waals surface area contributed by atoms with Crippen molar-refractivity contribution in [2.75, 3.05) is 12.4 Å². The van der Waals surface area contributed by atoms with Crippen LogP contribution in [0, 0.1) is 5.82 Å². The number of nitrogens with zero attached hydrogens (tertiary/aromatic N) is 3. The first kappa shape index (κ1) is 18.0. The number of rotatable bonds is 9. The van der Waals surface area contributed by atoms with Gasteiger partial charge >= 0.3 is 0 Å². The first-order chi connectivity index (χ1) is 13.3. The smallest absolute Gasteiger partial charge is 0.191 e. The van der Waals surface area contributed by atoms with Crippen LogP contribution in [0.15, 0.2) is 59.8 Å². The SMILES string of the molecule is Fc1ccc(OCCCSc2nnc(C3CC3)n2Cc2ccccc2)cc1. The summed E-state index contributed by atoms with van der Waals surface area (Å²) in [5, 5.41) is 9.86. The van der Waals surface area contributed by atoms with Crippen molar-refractivity contribution in [3.63, 3.8) is 0 Å². The Morgan fingerprint density at radius 1 is 1.04 bits per heavy atom. The van der Waals surface area contributed by atoms with Gasteiger partial charge in [-0.2, -0.15) is 0 Å². The Bertz CT molecular complexity index is 863. The molecular formula is C21H22FN3OS. The topological polar surface area (TPSA) is 39.9 Å². The maximum absolute atomic E-state index is 12.9. The van der Waals surface area contributed by atoms with Crippen LogP contribution < -0.4 is 4.74 Å². The molecule has 27 heavy (non-hydrogen) atoms. The van der Waals surface area contributed by atoms with Gasteiger partial charge < -0.3 is 9.30 Å². The molecule has 0 radical (unpaired) electrons. The summed E-state index contributed by atoms with van der Waals surface area (Å²) in [6.07, 6.45) is 3.31. The lowest BCUT2D eigenvalue weighted by molar-refractivity contribution is 0.318. The summed E-state index contributed by atoms with van der Waals surface area (Å²) < 4.78 is 20.8. The van der Waals surface area contributed by atoms with Crippen LogP contribution in [0.3, 0.4) is 0 Å². The molecule has 1 saturated carbocycles. The minimum absolute atomic E-state index is 0.248. The van der Waals surface area contributed by atoms with Crippen LogP contribution in [-0.2, 0) is 6.54 Å². The standard InChI is InChI=1S/C21H22FN3OS/c22-18-9-11-19(12-10-18)26-13-4-14-27-21-24-23-20(17-7-8-17)25(21)15-16-5-2-1-3-6-16/h1-3,5-6,9-12,17H,4,7-8,13-15H2. The first-order valence-corrected chi connectivity index (χ1v) is 10.3. The van der Waals surface area contributed by atoms with E-state index >= 15 is 0 Å². The summed E-state index contributed by atoms with van der Waals surface area (Å²) in [4.78, 5) is 0. The molecule has 4 nitrogen and oxygen atoms in total. The van der Waals surface area contributed by atoms with Gasteiger partial charge in [0, 0.05) is 11.7 Å². The van der Waals surface area contributed by atoms with Crippen molar-refractivity contribution in [3.05, 3.63) is 71.8 Å². The van der Waals surface area contributed by atoms with Crippen LogP contribution in [0.2, 0.25) is 0 Å². The van der Waals surface area contributed by atoms with Crippen molar-refractivity contribution in [1.82, 2.24) is 14.8 Å². The Labute approximate surface area is 162 Å². The highest BCUT2D eigenvalue weighted by atomic mass is 32.2. The van der Waals surface area contributed by atoms with Gasteiger partial charge in [0.1, 0.15) is 17.4 Å². The van der Waals surface area contributed by atoms with E-state index in [9.17, 15) is 4.39 Å². The maximum atomic E-state index is 12.9. The highest BCUT2D eigenvalue weighted by molar-refractivity contribution is 7.99. The van der Waals surface area contributed by atoms with Gasteiger partial charge in [0.15, 0.2) is 5.16 Å². The minimum atomic E-state index is -0.248. The molecule has 140 valence electrons. The summed E-state index contributed by atoms with van der Waals surface area (Å²) in [7, 11) is 0.